The van der Waals surface area contributed by atoms with Gasteiger partial charge in [0.05, 0.1) is 12.7 Å². The maximum atomic E-state index is 11.5. The van der Waals surface area contributed by atoms with Crippen molar-refractivity contribution in [1.29, 1.82) is 0 Å². The Kier molecular flexibility index (Phi) is 3.79. The van der Waals surface area contributed by atoms with E-state index >= 15 is 0 Å². The molecule has 1 aromatic rings. The van der Waals surface area contributed by atoms with Gasteiger partial charge in [-0.15, -0.1) is 0 Å². The topological polar surface area (TPSA) is 66.8 Å². The molecule has 0 saturated carbocycles. The van der Waals surface area contributed by atoms with Gasteiger partial charge in [0.25, 0.3) is 0 Å². The number of hydrogen-bond acceptors (Lipinski definition) is 4. The maximum absolute atomic E-state index is 11.5. The Morgan fingerprint density at radius 1 is 1.56 bits per heavy atom. The van der Waals surface area contributed by atoms with Gasteiger partial charge in [-0.2, -0.15) is 0 Å². The minimum Gasteiger partial charge on any atom is -0.508 e. The van der Waals surface area contributed by atoms with Crippen LogP contribution in [0.15, 0.2) is 30.4 Å². The summed E-state index contributed by atoms with van der Waals surface area (Å²) in [6.07, 6.45) is 1.84. The molecule has 0 fully saturated rings. The van der Waals surface area contributed by atoms with Crippen LogP contribution in [0.1, 0.15) is 30.6 Å². The molecule has 2 N–H and O–H groups in total. The molecule has 1 heterocycles. The van der Waals surface area contributed by atoms with E-state index in [1.54, 1.807) is 31.2 Å². The van der Waals surface area contributed by atoms with E-state index in [0.29, 0.717) is 11.1 Å². The van der Waals surface area contributed by atoms with Gasteiger partial charge in [0.15, 0.2) is 5.78 Å². The number of phenolic OH excluding ortho intramolecular Hbond substituents is 1. The molecule has 4 nitrogen and oxygen atoms in total. The second-order valence-electron chi connectivity index (χ2n) is 4.31. The number of carbonyl (C=O) groups excluding carboxylic acids is 1. The van der Waals surface area contributed by atoms with Crippen molar-refractivity contribution in [2.45, 2.75) is 32.2 Å². The molecule has 2 rings (SSSR count). The van der Waals surface area contributed by atoms with Crippen molar-refractivity contribution in [2.75, 3.05) is 0 Å². The molecule has 18 heavy (non-hydrogen) atoms. The van der Waals surface area contributed by atoms with Crippen LogP contribution < -0.4 is 0 Å². The van der Waals surface area contributed by atoms with E-state index in [1.807, 2.05) is 0 Å². The Morgan fingerprint density at radius 2 is 2.33 bits per heavy atom. The third kappa shape index (κ3) is 2.44. The van der Waals surface area contributed by atoms with Gasteiger partial charge in [0, 0.05) is 12.0 Å². The molecule has 0 aliphatic carbocycles. The van der Waals surface area contributed by atoms with Crippen LogP contribution in [-0.4, -0.2) is 22.1 Å². The van der Waals surface area contributed by atoms with E-state index in [0.717, 1.165) is 0 Å². The lowest BCUT2D eigenvalue weighted by atomic mass is 9.93. The molecule has 0 spiro atoms. The number of rotatable bonds is 3. The number of aliphatic hydroxyl groups is 1. The monoisotopic (exact) mass is 248 g/mol. The second kappa shape index (κ2) is 5.33. The zero-order valence-electron chi connectivity index (χ0n) is 10.2. The van der Waals surface area contributed by atoms with E-state index in [1.165, 1.54) is 6.08 Å². The molecule has 96 valence electrons. The lowest BCUT2D eigenvalue weighted by Gasteiger charge is -2.30. The molecule has 0 bridgehead atoms. The summed E-state index contributed by atoms with van der Waals surface area (Å²) >= 11 is 0. The number of benzene rings is 1. The predicted molar refractivity (Wildman–Crippen MR) is 66.1 cm³/mol. The number of phenols is 1. The van der Waals surface area contributed by atoms with Crippen LogP contribution in [0.25, 0.3) is 0 Å². The molecule has 0 radical (unpaired) electrons. The fourth-order valence-electron chi connectivity index (χ4n) is 2.13. The molecule has 1 aliphatic rings. The van der Waals surface area contributed by atoms with Crippen molar-refractivity contribution >= 4 is 5.78 Å². The molecule has 1 aliphatic heterocycles. The number of ether oxygens (including phenoxy) is 1. The first-order valence-electron chi connectivity index (χ1n) is 5.89. The Balaban J connectivity index is 2.18. The number of aromatic hydroxyl groups is 1. The lowest BCUT2D eigenvalue weighted by Crippen LogP contribution is -2.29. The van der Waals surface area contributed by atoms with Crippen LogP contribution in [-0.2, 0) is 16.1 Å². The number of allylic oxidation sites excluding steroid dienone is 2. The number of ketones is 1. The zero-order valence-corrected chi connectivity index (χ0v) is 10.2. The number of aliphatic hydroxyl groups excluding tert-OH is 1. The quantitative estimate of drug-likeness (QED) is 0.801. The Bertz CT molecular complexity index is 479. The average molecular weight is 248 g/mol. The standard InChI is InChI=1S/C14H16O4/c1-2-4-9(15)7-13-14(17)10-5-3-6-12(16)11(10)8-18-13/h2-6,13-14,16-17H,7-8H2,1H3/b4-2+/t13-,14+/m1/s1. The summed E-state index contributed by atoms with van der Waals surface area (Å²) < 4.78 is 5.45. The molecule has 0 saturated heterocycles. The maximum Gasteiger partial charge on any atom is 0.158 e. The summed E-state index contributed by atoms with van der Waals surface area (Å²) in [6, 6.07) is 4.98. The van der Waals surface area contributed by atoms with Crippen LogP contribution in [0.3, 0.4) is 0 Å². The summed E-state index contributed by atoms with van der Waals surface area (Å²) in [4.78, 5) is 11.5. The van der Waals surface area contributed by atoms with Crippen molar-refractivity contribution in [3.8, 4) is 5.75 Å². The highest BCUT2D eigenvalue weighted by molar-refractivity contribution is 5.90. The van der Waals surface area contributed by atoms with Gasteiger partial charge in [-0.05, 0) is 24.6 Å². The van der Waals surface area contributed by atoms with Crippen molar-refractivity contribution in [3.63, 3.8) is 0 Å². The Labute approximate surface area is 106 Å². The molecular weight excluding hydrogens is 232 g/mol. The lowest BCUT2D eigenvalue weighted by molar-refractivity contribution is -0.123. The number of carbonyl (C=O) groups is 1. The highest BCUT2D eigenvalue weighted by atomic mass is 16.5. The van der Waals surface area contributed by atoms with Gasteiger partial charge < -0.3 is 14.9 Å². The zero-order chi connectivity index (χ0) is 13.1. The smallest absolute Gasteiger partial charge is 0.158 e. The Morgan fingerprint density at radius 3 is 3.06 bits per heavy atom. The molecule has 2 atom stereocenters. The minimum absolute atomic E-state index is 0.0786. The normalized spacial score (nSPS) is 23.0. The van der Waals surface area contributed by atoms with Gasteiger partial charge in [0.2, 0.25) is 0 Å². The van der Waals surface area contributed by atoms with Crippen LogP contribution in [0, 0.1) is 0 Å². The van der Waals surface area contributed by atoms with Gasteiger partial charge in [-0.3, -0.25) is 4.79 Å². The molecule has 1 aromatic carbocycles. The molecule has 4 heteroatoms. The van der Waals surface area contributed by atoms with E-state index in [2.05, 4.69) is 0 Å². The summed E-state index contributed by atoms with van der Waals surface area (Å²) in [7, 11) is 0. The average Bonchev–Trinajstić information content (AvgIpc) is 2.34. The van der Waals surface area contributed by atoms with Crippen LogP contribution >= 0.6 is 0 Å². The van der Waals surface area contributed by atoms with Crippen molar-refractivity contribution in [1.82, 2.24) is 0 Å². The van der Waals surface area contributed by atoms with Gasteiger partial charge >= 0.3 is 0 Å². The molecule has 0 amide bonds. The van der Waals surface area contributed by atoms with Crippen molar-refractivity contribution < 1.29 is 19.7 Å². The van der Waals surface area contributed by atoms with Gasteiger partial charge in [-0.1, -0.05) is 18.2 Å². The predicted octanol–water partition coefficient (Wildman–Crippen LogP) is 1.86. The second-order valence-corrected chi connectivity index (χ2v) is 4.31. The highest BCUT2D eigenvalue weighted by Crippen LogP contribution is 2.35. The first kappa shape index (κ1) is 12.8. The largest absolute Gasteiger partial charge is 0.508 e. The third-order valence-electron chi connectivity index (χ3n) is 3.06. The summed E-state index contributed by atoms with van der Waals surface area (Å²) in [5.74, 6) is 0.0370. The van der Waals surface area contributed by atoms with Crippen LogP contribution in [0.5, 0.6) is 5.75 Å². The first-order valence-corrected chi connectivity index (χ1v) is 5.89. The highest BCUT2D eigenvalue weighted by Gasteiger charge is 2.31. The fraction of sp³-hybridized carbons (Fsp3) is 0.357. The van der Waals surface area contributed by atoms with E-state index in [4.69, 9.17) is 4.74 Å². The Hall–Kier alpha value is -1.65. The number of hydrogen-bond donors (Lipinski definition) is 2. The van der Waals surface area contributed by atoms with E-state index < -0.39 is 12.2 Å². The van der Waals surface area contributed by atoms with E-state index in [9.17, 15) is 15.0 Å². The minimum atomic E-state index is -0.880. The number of fused-ring (bicyclic) bond motifs is 1. The first-order chi connectivity index (χ1) is 8.63. The summed E-state index contributed by atoms with van der Waals surface area (Å²) in [5, 5.41) is 19.8. The van der Waals surface area contributed by atoms with Crippen molar-refractivity contribution in [3.05, 3.63) is 41.5 Å². The third-order valence-corrected chi connectivity index (χ3v) is 3.06. The van der Waals surface area contributed by atoms with Gasteiger partial charge in [-0.25, -0.2) is 0 Å². The summed E-state index contributed by atoms with van der Waals surface area (Å²) in [5.41, 5.74) is 1.24. The van der Waals surface area contributed by atoms with Crippen LogP contribution in [0.4, 0.5) is 0 Å². The van der Waals surface area contributed by atoms with Gasteiger partial charge in [0.1, 0.15) is 11.9 Å². The SMILES string of the molecule is C/C=C/C(=O)C[C@H]1OCc2c(O)cccc2[C@@H]1O. The fourth-order valence-corrected chi connectivity index (χ4v) is 2.13. The van der Waals surface area contributed by atoms with Crippen molar-refractivity contribution in [2.24, 2.45) is 0 Å². The summed E-state index contributed by atoms with van der Waals surface area (Å²) in [6.45, 7) is 1.98. The molecule has 0 aromatic heterocycles. The molecular formula is C14H16O4. The van der Waals surface area contributed by atoms with Crippen LogP contribution in [0.2, 0.25) is 0 Å². The molecule has 0 unspecified atom stereocenters. The van der Waals surface area contributed by atoms with E-state index in [-0.39, 0.29) is 24.6 Å².